The lowest BCUT2D eigenvalue weighted by molar-refractivity contribution is -0.379. The summed E-state index contributed by atoms with van der Waals surface area (Å²) in [5.41, 5.74) is 0. The highest BCUT2D eigenvalue weighted by atomic mass is 16.8. The fourth-order valence-corrected chi connectivity index (χ4v) is 8.26. The SMILES string of the molecule is CCCCCCCCCCCCC/C=C/CC/C=C/CC/C=C/C(O)C(COC1OC(CO)C(OC2OC(CO)C(OC3OC(CO)C(O)C(O)C3O)C(O)C2O)C(O)C1O)NC(=O)CCC. The van der Waals surface area contributed by atoms with Crippen LogP contribution in [0.4, 0.5) is 0 Å². The van der Waals surface area contributed by atoms with Crippen molar-refractivity contribution in [2.75, 3.05) is 26.4 Å². The van der Waals surface area contributed by atoms with Crippen LogP contribution in [-0.2, 0) is 33.2 Å². The zero-order valence-corrected chi connectivity index (χ0v) is 39.6. The Kier molecular flexibility index (Phi) is 29.7. The number of nitrogens with one attached hydrogen (secondary N) is 1. The molecule has 19 nitrogen and oxygen atoms in total. The van der Waals surface area contributed by atoms with Gasteiger partial charge in [-0.25, -0.2) is 0 Å². The first-order valence-corrected chi connectivity index (χ1v) is 24.7. The molecule has 3 aliphatic rings. The van der Waals surface area contributed by atoms with E-state index in [2.05, 4.69) is 36.5 Å². The molecule has 0 aromatic rings. The molecule has 0 bridgehead atoms. The number of carbonyl (C=O) groups is 1. The fourth-order valence-electron chi connectivity index (χ4n) is 8.26. The molecule has 3 fully saturated rings. The topological polar surface area (TPSA) is 307 Å². The van der Waals surface area contributed by atoms with Gasteiger partial charge in [-0.15, -0.1) is 0 Å². The van der Waals surface area contributed by atoms with Crippen LogP contribution in [0.3, 0.4) is 0 Å². The van der Waals surface area contributed by atoms with Crippen LogP contribution in [0.1, 0.15) is 129 Å². The average molecular weight is 964 g/mol. The Bertz CT molecular complexity index is 1390. The Morgan fingerprint density at radius 3 is 1.46 bits per heavy atom. The van der Waals surface area contributed by atoms with Gasteiger partial charge in [0.2, 0.25) is 5.91 Å². The van der Waals surface area contributed by atoms with E-state index in [4.69, 9.17) is 28.4 Å². The van der Waals surface area contributed by atoms with Crippen molar-refractivity contribution in [3.05, 3.63) is 36.5 Å². The van der Waals surface area contributed by atoms with E-state index in [9.17, 15) is 61.0 Å². The Morgan fingerprint density at radius 2 is 0.955 bits per heavy atom. The predicted octanol–water partition coefficient (Wildman–Crippen LogP) is 1.03. The largest absolute Gasteiger partial charge is 0.394 e. The van der Waals surface area contributed by atoms with Crippen LogP contribution in [-0.4, -0.2) is 193 Å². The first kappa shape index (κ1) is 59.3. The minimum absolute atomic E-state index is 0.181. The van der Waals surface area contributed by atoms with Gasteiger partial charge in [0.15, 0.2) is 18.9 Å². The van der Waals surface area contributed by atoms with Gasteiger partial charge < -0.3 is 89.9 Å². The first-order valence-electron chi connectivity index (χ1n) is 24.7. The van der Waals surface area contributed by atoms with Crippen molar-refractivity contribution in [1.29, 1.82) is 0 Å². The maximum Gasteiger partial charge on any atom is 0.220 e. The summed E-state index contributed by atoms with van der Waals surface area (Å²) in [7, 11) is 0. The number of rotatable bonds is 33. The monoisotopic (exact) mass is 964 g/mol. The molecular formula is C48H85NO18. The number of unbranched alkanes of at least 4 members (excludes halogenated alkanes) is 13. The van der Waals surface area contributed by atoms with Crippen LogP contribution < -0.4 is 5.32 Å². The van der Waals surface area contributed by atoms with Crippen LogP contribution in [0.25, 0.3) is 0 Å². The molecule has 0 spiro atoms. The number of aliphatic hydroxyl groups excluding tert-OH is 11. The standard InChI is InChI=1S/C48H85NO18/c1-3-5-6-7-8-9-10-11-12-13-14-15-16-17-18-19-20-21-22-23-24-26-32(53)31(49-36(54)25-4-2)30-62-46-42(60)39(57)44(34(28-51)64-46)67-48-43(61)40(58)45(35(29-52)65-48)66-47-41(59)38(56)37(55)33(27-50)63-47/h16-17,20-21,24,26,31-35,37-48,50-53,55-61H,3-15,18-19,22-23,25,27-30H2,1-2H3,(H,49,54)/b17-16+,21-20+,26-24+. The van der Waals surface area contributed by atoms with Gasteiger partial charge in [-0.3, -0.25) is 4.79 Å². The molecule has 3 rings (SSSR count). The molecule has 3 saturated heterocycles. The molecule has 3 aliphatic heterocycles. The number of hydrogen-bond acceptors (Lipinski definition) is 18. The van der Waals surface area contributed by atoms with E-state index in [-0.39, 0.29) is 18.9 Å². The highest BCUT2D eigenvalue weighted by molar-refractivity contribution is 5.76. The molecule has 17 atom stereocenters. The van der Waals surface area contributed by atoms with Crippen molar-refractivity contribution >= 4 is 5.91 Å². The molecule has 19 heteroatoms. The minimum atomic E-state index is -1.98. The maximum absolute atomic E-state index is 12.6. The Labute approximate surface area is 396 Å². The summed E-state index contributed by atoms with van der Waals surface area (Å²) in [5, 5.41) is 118. The maximum atomic E-state index is 12.6. The van der Waals surface area contributed by atoms with E-state index in [1.54, 1.807) is 12.2 Å². The quantitative estimate of drug-likeness (QED) is 0.0323. The molecule has 0 aromatic carbocycles. The second-order valence-electron chi connectivity index (χ2n) is 17.9. The second-order valence-corrected chi connectivity index (χ2v) is 17.9. The van der Waals surface area contributed by atoms with Crippen molar-refractivity contribution in [2.45, 2.75) is 234 Å². The zero-order valence-electron chi connectivity index (χ0n) is 39.6. The van der Waals surface area contributed by atoms with E-state index in [0.29, 0.717) is 12.8 Å². The number of amides is 1. The minimum Gasteiger partial charge on any atom is -0.394 e. The van der Waals surface area contributed by atoms with Gasteiger partial charge >= 0.3 is 0 Å². The zero-order chi connectivity index (χ0) is 49.1. The van der Waals surface area contributed by atoms with Crippen LogP contribution >= 0.6 is 0 Å². The number of hydrogen-bond donors (Lipinski definition) is 12. The molecule has 0 aromatic heterocycles. The third kappa shape index (κ3) is 20.0. The van der Waals surface area contributed by atoms with Crippen LogP contribution in [0.5, 0.6) is 0 Å². The predicted molar refractivity (Wildman–Crippen MR) is 245 cm³/mol. The number of aliphatic hydroxyl groups is 11. The Balaban J connectivity index is 1.45. The van der Waals surface area contributed by atoms with E-state index in [1.807, 2.05) is 6.92 Å². The average Bonchev–Trinajstić information content (AvgIpc) is 3.32. The second kappa shape index (κ2) is 33.6. The molecule has 12 N–H and O–H groups in total. The molecular weight excluding hydrogens is 879 g/mol. The number of allylic oxidation sites excluding steroid dienone is 5. The van der Waals surface area contributed by atoms with Crippen LogP contribution in [0.15, 0.2) is 36.5 Å². The third-order valence-corrected chi connectivity index (χ3v) is 12.4. The van der Waals surface area contributed by atoms with E-state index in [1.165, 1.54) is 70.6 Å². The van der Waals surface area contributed by atoms with Gasteiger partial charge in [0.05, 0.1) is 38.6 Å². The normalized spacial score (nSPS) is 33.8. The lowest BCUT2D eigenvalue weighted by atomic mass is 9.96. The fraction of sp³-hybridized carbons (Fsp3) is 0.854. The molecule has 0 radical (unpaired) electrons. The lowest BCUT2D eigenvalue weighted by Gasteiger charge is -2.48. The van der Waals surface area contributed by atoms with Gasteiger partial charge in [0.1, 0.15) is 73.2 Å². The van der Waals surface area contributed by atoms with E-state index in [0.717, 1.165) is 25.7 Å². The highest BCUT2D eigenvalue weighted by Gasteiger charge is 2.53. The van der Waals surface area contributed by atoms with Gasteiger partial charge in [0, 0.05) is 6.42 Å². The summed E-state index contributed by atoms with van der Waals surface area (Å²) in [5.74, 6) is -0.346. The van der Waals surface area contributed by atoms with Gasteiger partial charge in [-0.05, 0) is 44.9 Å². The Morgan fingerprint density at radius 1 is 0.522 bits per heavy atom. The van der Waals surface area contributed by atoms with Crippen molar-refractivity contribution < 1.29 is 89.4 Å². The number of carbonyl (C=O) groups excluding carboxylic acids is 1. The Hall–Kier alpha value is -1.99. The van der Waals surface area contributed by atoms with Crippen LogP contribution in [0.2, 0.25) is 0 Å². The van der Waals surface area contributed by atoms with Crippen molar-refractivity contribution in [3.63, 3.8) is 0 Å². The van der Waals surface area contributed by atoms with Crippen molar-refractivity contribution in [1.82, 2.24) is 5.32 Å². The number of ether oxygens (including phenoxy) is 6. The molecule has 0 aliphatic carbocycles. The smallest absolute Gasteiger partial charge is 0.220 e. The van der Waals surface area contributed by atoms with Crippen molar-refractivity contribution in [2.24, 2.45) is 0 Å². The summed E-state index contributed by atoms with van der Waals surface area (Å²) >= 11 is 0. The third-order valence-electron chi connectivity index (χ3n) is 12.4. The van der Waals surface area contributed by atoms with Gasteiger partial charge in [-0.1, -0.05) is 115 Å². The summed E-state index contributed by atoms with van der Waals surface area (Å²) in [4.78, 5) is 12.6. The summed E-state index contributed by atoms with van der Waals surface area (Å²) in [6, 6.07) is -0.988. The lowest BCUT2D eigenvalue weighted by Crippen LogP contribution is -2.66. The summed E-state index contributed by atoms with van der Waals surface area (Å²) < 4.78 is 33.8. The molecule has 390 valence electrons. The van der Waals surface area contributed by atoms with Crippen LogP contribution in [0, 0.1) is 0 Å². The first-order chi connectivity index (χ1) is 32.3. The van der Waals surface area contributed by atoms with Gasteiger partial charge in [0.25, 0.3) is 0 Å². The molecule has 0 saturated carbocycles. The highest BCUT2D eigenvalue weighted by Crippen LogP contribution is 2.33. The van der Waals surface area contributed by atoms with E-state index < -0.39 is 124 Å². The summed E-state index contributed by atoms with van der Waals surface area (Å²) in [6.07, 6.45) is 5.11. The summed E-state index contributed by atoms with van der Waals surface area (Å²) in [6.45, 7) is 1.27. The van der Waals surface area contributed by atoms with E-state index >= 15 is 0 Å². The molecule has 17 unspecified atom stereocenters. The molecule has 3 heterocycles. The molecule has 67 heavy (non-hydrogen) atoms. The van der Waals surface area contributed by atoms with Crippen molar-refractivity contribution in [3.8, 4) is 0 Å². The molecule has 1 amide bonds. The van der Waals surface area contributed by atoms with Gasteiger partial charge in [-0.2, -0.15) is 0 Å².